The molecule has 0 saturated carbocycles. The number of nitrogens with zero attached hydrogens (tertiary/aromatic N) is 1. The fraction of sp³-hybridized carbons (Fsp3) is 0.176. The van der Waals surface area contributed by atoms with Crippen LogP contribution in [0.15, 0.2) is 53.4 Å². The van der Waals surface area contributed by atoms with Crippen molar-refractivity contribution in [3.8, 4) is 29.2 Å². The minimum absolute atomic E-state index is 0.0442. The van der Waals surface area contributed by atoms with Gasteiger partial charge in [0.25, 0.3) is 0 Å². The first-order valence-electron chi connectivity index (χ1n) is 6.63. The Balaban J connectivity index is 2.28. The molecule has 0 fully saturated rings. The summed E-state index contributed by atoms with van der Waals surface area (Å²) in [5.74, 6) is 3.10. The first-order valence-corrected chi connectivity index (χ1v) is 8.07. The Kier molecular flexibility index (Phi) is 4.86. The summed E-state index contributed by atoms with van der Waals surface area (Å²) in [5, 5.41) is 0. The van der Waals surface area contributed by atoms with E-state index in [9.17, 15) is 8.42 Å². The predicted octanol–water partition coefficient (Wildman–Crippen LogP) is 2.62. The average molecular weight is 315 g/mol. The molecular weight excluding hydrogens is 298 g/mol. The number of hydrogen-bond acceptors (Lipinski definition) is 3. The Morgan fingerprint density at radius 1 is 1.05 bits per heavy atom. The van der Waals surface area contributed by atoms with Crippen LogP contribution in [-0.2, 0) is 10.0 Å². The third kappa shape index (κ3) is 3.30. The number of sulfonamides is 1. The van der Waals surface area contributed by atoms with E-state index in [1.807, 2.05) is 24.3 Å². The van der Waals surface area contributed by atoms with Crippen molar-refractivity contribution in [2.45, 2.75) is 4.90 Å². The summed E-state index contributed by atoms with van der Waals surface area (Å²) in [4.78, 5) is 0.225. The lowest BCUT2D eigenvalue weighted by Gasteiger charge is -2.14. The summed E-state index contributed by atoms with van der Waals surface area (Å²) in [5.41, 5.74) is 1.92. The van der Waals surface area contributed by atoms with Crippen molar-refractivity contribution in [2.24, 2.45) is 0 Å². The molecule has 0 spiro atoms. The summed E-state index contributed by atoms with van der Waals surface area (Å²) in [6, 6.07) is 14.3. The molecule has 2 rings (SSSR count). The second kappa shape index (κ2) is 6.65. The van der Waals surface area contributed by atoms with E-state index in [4.69, 9.17) is 11.2 Å². The summed E-state index contributed by atoms with van der Waals surface area (Å²) in [6.45, 7) is 0.0442. The van der Waals surface area contributed by atoms with Gasteiger partial charge in [-0.25, -0.2) is 8.42 Å². The number of rotatable bonds is 5. The van der Waals surface area contributed by atoms with Crippen LogP contribution in [0.25, 0.3) is 11.1 Å². The first kappa shape index (κ1) is 16.1. The summed E-state index contributed by atoms with van der Waals surface area (Å²) >= 11 is 0. The quantitative estimate of drug-likeness (QED) is 0.797. The Morgan fingerprint density at radius 3 is 2.00 bits per heavy atom. The molecule has 114 valence electrons. The molecule has 0 bridgehead atoms. The fourth-order valence-electron chi connectivity index (χ4n) is 2.00. The van der Waals surface area contributed by atoms with Crippen molar-refractivity contribution >= 4 is 10.0 Å². The number of methoxy groups -OCH3 is 1. The number of ether oxygens (including phenoxy) is 1. The molecular formula is C17H17NO3S. The van der Waals surface area contributed by atoms with Crippen LogP contribution in [0.3, 0.4) is 0 Å². The van der Waals surface area contributed by atoms with E-state index in [1.165, 1.54) is 7.05 Å². The Morgan fingerprint density at radius 2 is 1.55 bits per heavy atom. The van der Waals surface area contributed by atoms with E-state index in [2.05, 4.69) is 5.92 Å². The van der Waals surface area contributed by atoms with Gasteiger partial charge in [0.15, 0.2) is 0 Å². The van der Waals surface area contributed by atoms with Crippen molar-refractivity contribution in [2.75, 3.05) is 20.7 Å². The monoisotopic (exact) mass is 315 g/mol. The van der Waals surface area contributed by atoms with Gasteiger partial charge in [0.1, 0.15) is 5.75 Å². The molecule has 2 aromatic rings. The van der Waals surface area contributed by atoms with E-state index in [0.29, 0.717) is 0 Å². The van der Waals surface area contributed by atoms with Crippen molar-refractivity contribution in [1.29, 1.82) is 0 Å². The Bertz CT molecular complexity index is 772. The molecule has 0 aromatic heterocycles. The summed E-state index contributed by atoms with van der Waals surface area (Å²) in [7, 11) is -0.463. The van der Waals surface area contributed by atoms with Crippen LogP contribution in [-0.4, -0.2) is 33.4 Å². The number of benzene rings is 2. The van der Waals surface area contributed by atoms with Gasteiger partial charge in [-0.3, -0.25) is 0 Å². The van der Waals surface area contributed by atoms with E-state index >= 15 is 0 Å². The van der Waals surface area contributed by atoms with Crippen LogP contribution in [0.1, 0.15) is 0 Å². The Hall–Kier alpha value is -2.29. The second-order valence-corrected chi connectivity index (χ2v) is 6.76. The van der Waals surface area contributed by atoms with Gasteiger partial charge in [-0.1, -0.05) is 30.2 Å². The van der Waals surface area contributed by atoms with Crippen molar-refractivity contribution in [1.82, 2.24) is 4.31 Å². The molecule has 4 nitrogen and oxygen atoms in total. The van der Waals surface area contributed by atoms with Gasteiger partial charge in [-0.15, -0.1) is 6.42 Å². The lowest BCUT2D eigenvalue weighted by atomic mass is 10.1. The van der Waals surface area contributed by atoms with Crippen LogP contribution in [0.4, 0.5) is 0 Å². The van der Waals surface area contributed by atoms with Gasteiger partial charge in [0.05, 0.1) is 18.6 Å². The van der Waals surface area contributed by atoms with Gasteiger partial charge < -0.3 is 4.74 Å². The molecule has 0 radical (unpaired) electrons. The van der Waals surface area contributed by atoms with E-state index < -0.39 is 10.0 Å². The molecule has 0 unspecified atom stereocenters. The second-order valence-electron chi connectivity index (χ2n) is 4.72. The molecule has 0 N–H and O–H groups in total. The highest BCUT2D eigenvalue weighted by atomic mass is 32.2. The molecule has 0 atom stereocenters. The maximum atomic E-state index is 12.3. The summed E-state index contributed by atoms with van der Waals surface area (Å²) in [6.07, 6.45) is 5.16. The van der Waals surface area contributed by atoms with Gasteiger partial charge in [0.2, 0.25) is 10.0 Å². The maximum absolute atomic E-state index is 12.3. The predicted molar refractivity (Wildman–Crippen MR) is 87.1 cm³/mol. The SMILES string of the molecule is C#CCN(C)S(=O)(=O)c1ccc(-c2ccc(OC)cc2)cc1. The molecule has 22 heavy (non-hydrogen) atoms. The third-order valence-electron chi connectivity index (χ3n) is 3.30. The highest BCUT2D eigenvalue weighted by Gasteiger charge is 2.19. The van der Waals surface area contributed by atoms with Gasteiger partial charge >= 0.3 is 0 Å². The van der Waals surface area contributed by atoms with Crippen LogP contribution in [0.5, 0.6) is 5.75 Å². The maximum Gasteiger partial charge on any atom is 0.243 e. The normalized spacial score (nSPS) is 11.2. The first-order chi connectivity index (χ1) is 10.5. The van der Waals surface area contributed by atoms with Crippen LogP contribution >= 0.6 is 0 Å². The average Bonchev–Trinajstić information content (AvgIpc) is 2.55. The van der Waals surface area contributed by atoms with Crippen LogP contribution in [0.2, 0.25) is 0 Å². The molecule has 0 aliphatic carbocycles. The van der Waals surface area contributed by atoms with E-state index in [-0.39, 0.29) is 11.4 Å². The Labute approximate surface area is 131 Å². The lowest BCUT2D eigenvalue weighted by molar-refractivity contribution is 0.415. The van der Waals surface area contributed by atoms with E-state index in [0.717, 1.165) is 21.2 Å². The lowest BCUT2D eigenvalue weighted by Crippen LogP contribution is -2.27. The molecule has 0 heterocycles. The van der Waals surface area contributed by atoms with Gasteiger partial charge in [0, 0.05) is 7.05 Å². The zero-order valence-electron chi connectivity index (χ0n) is 12.5. The molecule has 5 heteroatoms. The van der Waals surface area contributed by atoms with Crippen LogP contribution < -0.4 is 4.74 Å². The minimum atomic E-state index is -3.54. The number of terminal acetylenes is 1. The zero-order valence-corrected chi connectivity index (χ0v) is 13.3. The van der Waals surface area contributed by atoms with Crippen molar-refractivity contribution in [3.05, 3.63) is 48.5 Å². The largest absolute Gasteiger partial charge is 0.497 e. The molecule has 0 aliphatic rings. The standard InChI is InChI=1S/C17H17NO3S/c1-4-13-18(2)22(19,20)17-11-7-15(8-12-17)14-5-9-16(21-3)10-6-14/h1,5-12H,13H2,2-3H3. The minimum Gasteiger partial charge on any atom is -0.497 e. The zero-order chi connectivity index (χ0) is 16.2. The van der Waals surface area contributed by atoms with Crippen molar-refractivity contribution < 1.29 is 13.2 Å². The smallest absolute Gasteiger partial charge is 0.243 e. The highest BCUT2D eigenvalue weighted by Crippen LogP contribution is 2.24. The molecule has 0 saturated heterocycles. The molecule has 0 amide bonds. The van der Waals surface area contributed by atoms with Crippen LogP contribution in [0, 0.1) is 12.3 Å². The fourth-order valence-corrected chi connectivity index (χ4v) is 3.08. The topological polar surface area (TPSA) is 46.6 Å². The van der Waals surface area contributed by atoms with E-state index in [1.54, 1.807) is 31.4 Å². The highest BCUT2D eigenvalue weighted by molar-refractivity contribution is 7.89. The van der Waals surface area contributed by atoms with Gasteiger partial charge in [-0.2, -0.15) is 4.31 Å². The van der Waals surface area contributed by atoms with Crippen molar-refractivity contribution in [3.63, 3.8) is 0 Å². The third-order valence-corrected chi connectivity index (χ3v) is 5.12. The molecule has 0 aliphatic heterocycles. The summed E-state index contributed by atoms with van der Waals surface area (Å²) < 4.78 is 30.8. The molecule has 2 aromatic carbocycles. The van der Waals surface area contributed by atoms with Gasteiger partial charge in [-0.05, 0) is 35.4 Å². The number of hydrogen-bond donors (Lipinski definition) is 0.